The fourth-order valence-corrected chi connectivity index (χ4v) is 5.09. The van der Waals surface area contributed by atoms with E-state index in [4.69, 9.17) is 14.2 Å². The quantitative estimate of drug-likeness (QED) is 0.495. The van der Waals surface area contributed by atoms with E-state index in [1.807, 2.05) is 6.07 Å². The Bertz CT molecular complexity index is 1010. The van der Waals surface area contributed by atoms with Crippen molar-refractivity contribution >= 4 is 5.91 Å². The van der Waals surface area contributed by atoms with E-state index in [-0.39, 0.29) is 30.3 Å². The van der Waals surface area contributed by atoms with Crippen molar-refractivity contribution in [3.05, 3.63) is 53.8 Å². The maximum absolute atomic E-state index is 13.0. The van der Waals surface area contributed by atoms with Gasteiger partial charge in [0.05, 0.1) is 19.1 Å². The number of aliphatic hydroxyl groups is 1. The first-order valence-electron chi connectivity index (χ1n) is 12.0. The largest absolute Gasteiger partial charge is 0.493 e. The molecule has 5 rings (SSSR count). The van der Waals surface area contributed by atoms with E-state index >= 15 is 0 Å². The van der Waals surface area contributed by atoms with Gasteiger partial charge in [0.15, 0.2) is 11.5 Å². The summed E-state index contributed by atoms with van der Waals surface area (Å²) in [6.45, 7) is 1.59. The Labute approximate surface area is 198 Å². The summed E-state index contributed by atoms with van der Waals surface area (Å²) in [7, 11) is 0. The molecule has 182 valence electrons. The van der Waals surface area contributed by atoms with Crippen LogP contribution in [0.1, 0.15) is 43.8 Å². The van der Waals surface area contributed by atoms with E-state index < -0.39 is 12.1 Å². The van der Waals surface area contributed by atoms with Crippen LogP contribution in [0.5, 0.6) is 17.2 Å². The minimum absolute atomic E-state index is 0.121. The summed E-state index contributed by atoms with van der Waals surface area (Å²) < 4.78 is 29.8. The molecule has 0 unspecified atom stereocenters. The number of hydrogen-bond acceptors (Lipinski definition) is 6. The molecule has 0 radical (unpaired) electrons. The van der Waals surface area contributed by atoms with E-state index in [0.29, 0.717) is 48.5 Å². The lowest BCUT2D eigenvalue weighted by atomic mass is 9.53. The highest BCUT2D eigenvalue weighted by atomic mass is 19.1. The van der Waals surface area contributed by atoms with E-state index in [2.05, 4.69) is 10.6 Å². The van der Waals surface area contributed by atoms with Gasteiger partial charge in [-0.25, -0.2) is 4.39 Å². The monoisotopic (exact) mass is 470 g/mol. The number of rotatable bonds is 10. The molecule has 0 spiro atoms. The summed E-state index contributed by atoms with van der Waals surface area (Å²) >= 11 is 0. The number of hydrogen-bond donors (Lipinski definition) is 3. The first kappa shape index (κ1) is 22.9. The molecule has 2 saturated carbocycles. The predicted octanol–water partition coefficient (Wildman–Crippen LogP) is 3.12. The minimum Gasteiger partial charge on any atom is -0.493 e. The normalized spacial score (nSPS) is 24.1. The van der Waals surface area contributed by atoms with Crippen LogP contribution in [0.25, 0.3) is 0 Å². The molecule has 2 fully saturated rings. The average Bonchev–Trinajstić information content (AvgIpc) is 2.85. The van der Waals surface area contributed by atoms with Crippen LogP contribution in [0.4, 0.5) is 4.39 Å². The van der Waals surface area contributed by atoms with Crippen LogP contribution in [-0.2, 0) is 4.79 Å². The first-order valence-corrected chi connectivity index (χ1v) is 12.0. The third kappa shape index (κ3) is 4.83. The summed E-state index contributed by atoms with van der Waals surface area (Å²) in [5.74, 6) is 1.91. The SMILES string of the molecule is O=C(CCOc1ccc(F)cc1)N[C@H](CNC12CCC1CC2)[C@H](O)c1ccc2c(c1)OCCO2. The number of ether oxygens (including phenoxy) is 3. The molecule has 1 aliphatic heterocycles. The molecule has 2 atom stereocenters. The zero-order chi connectivity index (χ0) is 23.5. The van der Waals surface area contributed by atoms with Gasteiger partial charge in [0.1, 0.15) is 30.9 Å². The zero-order valence-electron chi connectivity index (χ0n) is 19.1. The van der Waals surface area contributed by atoms with Gasteiger partial charge < -0.3 is 30.0 Å². The summed E-state index contributed by atoms with van der Waals surface area (Å²) in [4.78, 5) is 12.7. The summed E-state index contributed by atoms with van der Waals surface area (Å²) in [6, 6.07) is 10.5. The van der Waals surface area contributed by atoms with Gasteiger partial charge in [0.25, 0.3) is 0 Å². The molecular formula is C26H31FN2O5. The minimum atomic E-state index is -0.916. The second-order valence-corrected chi connectivity index (χ2v) is 9.39. The summed E-state index contributed by atoms with van der Waals surface area (Å²) in [5.41, 5.74) is 0.830. The Morgan fingerprint density at radius 2 is 1.85 bits per heavy atom. The van der Waals surface area contributed by atoms with Crippen LogP contribution in [-0.4, -0.2) is 49.0 Å². The Kier molecular flexibility index (Phi) is 6.61. The number of aliphatic hydroxyl groups excluding tert-OH is 1. The molecule has 3 aliphatic rings. The van der Waals surface area contributed by atoms with Crippen LogP contribution in [0, 0.1) is 11.7 Å². The highest BCUT2D eigenvalue weighted by Crippen LogP contribution is 2.53. The van der Waals surface area contributed by atoms with Gasteiger partial charge >= 0.3 is 0 Å². The first-order chi connectivity index (χ1) is 16.5. The molecule has 3 N–H and O–H groups in total. The number of amides is 1. The molecule has 0 aromatic heterocycles. The van der Waals surface area contributed by atoms with Crippen molar-refractivity contribution in [2.24, 2.45) is 5.92 Å². The number of nitrogens with one attached hydrogen (secondary N) is 2. The topological polar surface area (TPSA) is 89.1 Å². The second-order valence-electron chi connectivity index (χ2n) is 9.39. The van der Waals surface area contributed by atoms with Crippen LogP contribution >= 0.6 is 0 Å². The average molecular weight is 471 g/mol. The van der Waals surface area contributed by atoms with Crippen molar-refractivity contribution in [2.45, 2.75) is 49.8 Å². The molecule has 34 heavy (non-hydrogen) atoms. The van der Waals surface area contributed by atoms with Gasteiger partial charge in [-0.3, -0.25) is 4.79 Å². The Balaban J connectivity index is 1.22. The van der Waals surface area contributed by atoms with Gasteiger partial charge in [-0.1, -0.05) is 6.07 Å². The van der Waals surface area contributed by atoms with Gasteiger partial charge in [-0.15, -0.1) is 0 Å². The third-order valence-electron chi connectivity index (χ3n) is 7.38. The molecule has 2 aromatic rings. The maximum atomic E-state index is 13.0. The Morgan fingerprint density at radius 1 is 1.12 bits per heavy atom. The van der Waals surface area contributed by atoms with Crippen molar-refractivity contribution in [1.29, 1.82) is 0 Å². The smallest absolute Gasteiger partial charge is 0.223 e. The summed E-state index contributed by atoms with van der Waals surface area (Å²) in [5, 5.41) is 17.8. The number of fused-ring (bicyclic) bond motifs is 2. The molecule has 0 saturated heterocycles. The second kappa shape index (κ2) is 9.80. The third-order valence-corrected chi connectivity index (χ3v) is 7.38. The molecule has 2 aliphatic carbocycles. The van der Waals surface area contributed by atoms with Gasteiger partial charge in [0, 0.05) is 12.1 Å². The molecular weight excluding hydrogens is 439 g/mol. The molecule has 2 aromatic carbocycles. The number of carbonyl (C=O) groups is 1. The number of halogens is 1. The van der Waals surface area contributed by atoms with Crippen LogP contribution in [0.15, 0.2) is 42.5 Å². The van der Waals surface area contributed by atoms with Crippen molar-refractivity contribution in [1.82, 2.24) is 10.6 Å². The Morgan fingerprint density at radius 3 is 2.53 bits per heavy atom. The molecule has 8 heteroatoms. The molecule has 1 amide bonds. The fraction of sp³-hybridized carbons (Fsp3) is 0.500. The van der Waals surface area contributed by atoms with Gasteiger partial charge in [-0.05, 0) is 73.6 Å². The van der Waals surface area contributed by atoms with Crippen molar-refractivity contribution in [2.75, 3.05) is 26.4 Å². The summed E-state index contributed by atoms with van der Waals surface area (Å²) in [6.07, 6.45) is 3.98. The standard InChI is InChI=1S/C26H31FN2O5/c27-19-2-4-20(5-3-19)32-12-9-24(30)29-21(16-28-26-10-7-18(26)8-11-26)25(31)17-1-6-22-23(15-17)34-14-13-33-22/h1-6,15,18,21,25,28,31H,7-14,16H2,(H,29,30)/t18?,21-,25-,26?/m1/s1. The van der Waals surface area contributed by atoms with E-state index in [1.165, 1.54) is 37.1 Å². The van der Waals surface area contributed by atoms with Crippen molar-refractivity contribution < 1.29 is 28.5 Å². The predicted molar refractivity (Wildman–Crippen MR) is 124 cm³/mol. The zero-order valence-corrected chi connectivity index (χ0v) is 19.1. The number of benzene rings is 2. The molecule has 1 heterocycles. The molecule has 0 bridgehead atoms. The van der Waals surface area contributed by atoms with E-state index in [0.717, 1.165) is 12.8 Å². The van der Waals surface area contributed by atoms with Crippen LogP contribution in [0.2, 0.25) is 0 Å². The Hall–Kier alpha value is -2.84. The van der Waals surface area contributed by atoms with Gasteiger partial charge in [0.2, 0.25) is 5.91 Å². The lowest BCUT2D eigenvalue weighted by Crippen LogP contribution is -2.66. The number of carbonyl (C=O) groups excluding carboxylic acids is 1. The van der Waals surface area contributed by atoms with Gasteiger partial charge in [-0.2, -0.15) is 0 Å². The fourth-order valence-electron chi connectivity index (χ4n) is 5.09. The lowest BCUT2D eigenvalue weighted by molar-refractivity contribution is -0.123. The van der Waals surface area contributed by atoms with E-state index in [9.17, 15) is 14.3 Å². The lowest BCUT2D eigenvalue weighted by Gasteiger charge is -2.59. The van der Waals surface area contributed by atoms with Crippen molar-refractivity contribution in [3.8, 4) is 17.2 Å². The van der Waals surface area contributed by atoms with Crippen LogP contribution in [0.3, 0.4) is 0 Å². The van der Waals surface area contributed by atoms with Crippen LogP contribution < -0.4 is 24.8 Å². The maximum Gasteiger partial charge on any atom is 0.223 e. The van der Waals surface area contributed by atoms with E-state index in [1.54, 1.807) is 12.1 Å². The highest BCUT2D eigenvalue weighted by Gasteiger charge is 2.53. The van der Waals surface area contributed by atoms with Crippen molar-refractivity contribution in [3.63, 3.8) is 0 Å². The highest BCUT2D eigenvalue weighted by molar-refractivity contribution is 5.76. The molecule has 7 nitrogen and oxygen atoms in total.